The van der Waals surface area contributed by atoms with Crippen LogP contribution in [-0.4, -0.2) is 313 Å². The van der Waals surface area contributed by atoms with Gasteiger partial charge in [0.2, 0.25) is 101 Å². The normalized spacial score (nSPS) is 25.1. The van der Waals surface area contributed by atoms with Gasteiger partial charge in [0.05, 0.1) is 37.5 Å². The van der Waals surface area contributed by atoms with Gasteiger partial charge in [-0.2, -0.15) is 0 Å². The lowest BCUT2D eigenvalue weighted by Crippen LogP contribution is -2.62. The minimum Gasteiger partial charge on any atom is -0.508 e. The fourth-order valence-electron chi connectivity index (χ4n) is 15.5. The number of guanidine groups is 1. The number of para-hydroxylation sites is 2. The van der Waals surface area contributed by atoms with Gasteiger partial charge in [0.25, 0.3) is 5.91 Å². The molecule has 8 rings (SSSR count). The zero-order valence-corrected chi connectivity index (χ0v) is 75.1. The number of benzene rings is 3. The van der Waals surface area contributed by atoms with E-state index in [1.165, 1.54) is 59.1 Å². The van der Waals surface area contributed by atoms with Crippen molar-refractivity contribution < 1.29 is 102 Å². The Labute approximate surface area is 760 Å². The number of carbonyl (C=O) groups is 17. The number of aliphatic hydroxyl groups excluding tert-OH is 2. The summed E-state index contributed by atoms with van der Waals surface area (Å²) < 4.78 is 5.96. The molecule has 3 aliphatic rings. The molecule has 3 aromatic carbocycles. The van der Waals surface area contributed by atoms with Crippen LogP contribution in [-0.2, 0) is 106 Å². The highest BCUT2D eigenvalue weighted by atomic mass is 32.2. The first-order chi connectivity index (χ1) is 62.3. The molecule has 3 aliphatic heterocycles. The Balaban J connectivity index is 1.18. The van der Waals surface area contributed by atoms with Crippen molar-refractivity contribution in [1.82, 2.24) is 93.4 Å². The summed E-state index contributed by atoms with van der Waals surface area (Å²) in [4.78, 5) is 257. The van der Waals surface area contributed by atoms with Crippen molar-refractivity contribution in [3.8, 4) is 5.75 Å². The number of fused-ring (bicyclic) bond motifs is 4. The number of hydrogen-bond acceptors (Lipinski definition) is 24. The van der Waals surface area contributed by atoms with Crippen LogP contribution in [0.2, 0.25) is 0 Å². The van der Waals surface area contributed by atoms with E-state index < -0.39 is 254 Å². The van der Waals surface area contributed by atoms with Crippen LogP contribution in [0.5, 0.6) is 5.75 Å². The number of nitrogens with one attached hydrogen (secondary N) is 15. The Bertz CT molecular complexity index is 4920. The summed E-state index contributed by atoms with van der Waals surface area (Å²) >= 11 is 0.750. The number of phenolic OH excluding ortho intramolecular Hbond substituents is 1. The van der Waals surface area contributed by atoms with E-state index in [1.54, 1.807) is 60.9 Å². The van der Waals surface area contributed by atoms with Gasteiger partial charge in [0.15, 0.2) is 5.96 Å². The number of amides is 17. The van der Waals surface area contributed by atoms with E-state index in [2.05, 4.69) is 73.8 Å². The van der Waals surface area contributed by atoms with E-state index in [9.17, 15) is 68.1 Å². The van der Waals surface area contributed by atoms with Crippen LogP contribution in [0.25, 0.3) is 21.8 Å². The number of aromatic nitrogens is 2. The predicted molar refractivity (Wildman–Crippen MR) is 479 cm³/mol. The number of carbonyl (C=O) groups excluding carboxylic acids is 17. The molecule has 0 unspecified atom stereocenters. The van der Waals surface area contributed by atoms with Gasteiger partial charge in [-0.3, -0.25) is 86.9 Å². The zero-order valence-electron chi connectivity index (χ0n) is 74.3. The summed E-state index contributed by atoms with van der Waals surface area (Å²) in [5, 5.41) is 72.6. The number of aromatic hydroxyl groups is 1. The maximum Gasteiger partial charge on any atom is 0.273 e. The van der Waals surface area contributed by atoms with Crippen molar-refractivity contribution in [3.05, 3.63) is 102 Å². The molecular weight excluding hydrogens is 1720 g/mol. The van der Waals surface area contributed by atoms with Gasteiger partial charge in [-0.1, -0.05) is 88.1 Å². The lowest BCUT2D eigenvalue weighted by molar-refractivity contribution is -0.156. The molecule has 0 radical (unpaired) electrons. The highest BCUT2D eigenvalue weighted by Crippen LogP contribution is 2.27. The second-order valence-electron chi connectivity index (χ2n) is 32.9. The molecule has 17 amide bonds. The molecule has 2 aromatic heterocycles. The van der Waals surface area contributed by atoms with Gasteiger partial charge in [0.1, 0.15) is 84.3 Å². The summed E-state index contributed by atoms with van der Waals surface area (Å²) in [7, 11) is 2.51. The molecule has 3 saturated heterocycles. The van der Waals surface area contributed by atoms with Gasteiger partial charge in [-0.15, -0.1) is 11.8 Å². The third-order valence-corrected chi connectivity index (χ3v) is 23.7. The molecule has 0 saturated carbocycles. The summed E-state index contributed by atoms with van der Waals surface area (Å²) in [5.74, 6) is -18.5. The minimum absolute atomic E-state index is 0.0192. The van der Waals surface area contributed by atoms with Gasteiger partial charge in [-0.05, 0) is 100 Å². The topological polar surface area (TPSA) is 677 Å². The number of likely N-dealkylation sites (N-methyl/N-ethyl adjacent to an activating group) is 2. The highest BCUT2D eigenvalue weighted by Gasteiger charge is 2.47. The van der Waals surface area contributed by atoms with Gasteiger partial charge in [0, 0.05) is 106 Å². The molecule has 26 N–H and O–H groups in total. The Hall–Kier alpha value is -13.0. The maximum absolute atomic E-state index is 15.6. The first-order valence-electron chi connectivity index (χ1n) is 43.5. The fraction of sp³-hybridized carbons (Fsp3) is 0.535. The number of ether oxygens (including phenoxy) is 1. The van der Waals surface area contributed by atoms with Crippen molar-refractivity contribution in [1.29, 1.82) is 5.41 Å². The maximum atomic E-state index is 15.6. The second kappa shape index (κ2) is 49.7. The van der Waals surface area contributed by atoms with Crippen LogP contribution in [0.3, 0.4) is 0 Å². The van der Waals surface area contributed by atoms with E-state index >= 15 is 28.8 Å². The van der Waals surface area contributed by atoms with Crippen molar-refractivity contribution in [2.24, 2.45) is 22.9 Å². The average molecular weight is 1850 g/mol. The van der Waals surface area contributed by atoms with Crippen molar-refractivity contribution >= 4 is 140 Å². The molecular formula is C86H123N23O21S. The van der Waals surface area contributed by atoms with E-state index in [0.717, 1.165) is 31.4 Å². The number of nitrogens with zero attached hydrogens (tertiary/aromatic N) is 4. The summed E-state index contributed by atoms with van der Waals surface area (Å²) in [6.45, 7) is 4.71. The van der Waals surface area contributed by atoms with Crippen LogP contribution in [0.4, 0.5) is 0 Å². The van der Waals surface area contributed by atoms with Crippen molar-refractivity contribution in [3.63, 3.8) is 0 Å². The smallest absolute Gasteiger partial charge is 0.273 e. The van der Waals surface area contributed by atoms with Crippen LogP contribution < -0.4 is 86.7 Å². The third kappa shape index (κ3) is 29.5. The Morgan fingerprint density at radius 2 is 1.09 bits per heavy atom. The van der Waals surface area contributed by atoms with E-state index in [1.807, 2.05) is 13.8 Å². The van der Waals surface area contributed by atoms with Gasteiger partial charge < -0.3 is 136 Å². The number of phenols is 1. The average Bonchev–Trinajstić information content (AvgIpc) is 1.70. The van der Waals surface area contributed by atoms with E-state index in [4.69, 9.17) is 33.1 Å². The Morgan fingerprint density at radius 1 is 0.565 bits per heavy atom. The number of unbranched alkanes of at least 4 members (excludes halogenated alkanes) is 2. The zero-order chi connectivity index (χ0) is 96.0. The van der Waals surface area contributed by atoms with Gasteiger partial charge >= 0.3 is 0 Å². The van der Waals surface area contributed by atoms with Crippen LogP contribution in [0.1, 0.15) is 128 Å². The first-order valence-corrected chi connectivity index (χ1v) is 44.7. The molecule has 131 heavy (non-hydrogen) atoms. The lowest BCUT2D eigenvalue weighted by atomic mass is 10.0. The summed E-state index contributed by atoms with van der Waals surface area (Å²) in [6.07, 6.45) is -1.83. The number of hydrogen-bond donors (Lipinski definition) is 22. The quantitative estimate of drug-likeness (QED) is 0.0148. The molecule has 0 bridgehead atoms. The molecule has 3 fully saturated rings. The molecule has 5 heterocycles. The van der Waals surface area contributed by atoms with E-state index in [0.29, 0.717) is 64.2 Å². The first kappa shape index (κ1) is 103. The molecule has 0 spiro atoms. The largest absolute Gasteiger partial charge is 0.508 e. The standard InChI is InChI=1S/C86H123N23O21S/c1-8-10-20-56-73(118)97-57(23-16-30-92-86(90)91)74(119)104-64(72(117)95-40-69(89)114)43-131-44-70(115)96-59(32-47-26-28-50(111)29-27-47)82(126)106(6)46(5)71(116)100-61(36-68(88)113)84(128)108-31-17-25-66(108)79(124)102-62(37-87)76(121)105-81(130-45(3)4)85(129)109-41-51(112)35-67(109)80(125)99-58(33-48-38-93-54-21-14-12-18-52(48)54)75(120)103-63(42-110)77(122)101-60(34-49-39-94-55-22-15-13-19-53(49)55)83(127)107(7)65(24-11-9-2)78(123)98-56/h12-15,18-19,21-22,26-29,38-39,45-46,51,56-67,81,93-94,110-112H,8-11,16-17,20,23-25,30-37,40-44,87H2,1-7H3,(H2,88,113)(H2,89,114)(H,95,117)(H,96,115)(H,97,118)(H,98,123)(H,99,125)(H,100,116)(H,101,122)(H,102,124)(H,103,120)(H,104,119)(H,105,121)(H4,90,91,92)/t46-,51+,56-,57-,58-,59-,60-,61-,62-,63-,64-,65-,66-,67-,81-/m0/s1. The number of aromatic amines is 2. The van der Waals surface area contributed by atoms with Crippen molar-refractivity contribution in [2.45, 2.75) is 228 Å². The Kier molecular flexibility index (Phi) is 39.2. The molecule has 44 nitrogen and oxygen atoms in total. The number of thioether (sulfide) groups is 1. The SMILES string of the molecule is CCCC[C@@H]1NC(=O)[C@H](CCCC)N(C)C(=O)[C@H](Cc2c[nH]c3ccccc23)NC(=O)[C@H](CO)NC(=O)[C@H](Cc2c[nH]c3ccccc23)NC(=O)[C@@H]2C[C@@H](O)CN2C(=O)[C@H](OC(C)C)NC(=O)[C@H](CN)NC(=O)[C@@H]2CCCN2C(=O)[C@H](CC(N)=O)NC(=O)[C@H](C)N(C)C(=O)[C@H](Cc2ccc(O)cc2)NC(=O)CSC[C@@H](C(=O)NCC(N)=O)NC(=O)[C@H](CCCNC(=N)N)NC1=O. The van der Waals surface area contributed by atoms with Crippen LogP contribution in [0.15, 0.2) is 85.2 Å². The summed E-state index contributed by atoms with van der Waals surface area (Å²) in [6, 6.07) is -1.31. The monoisotopic (exact) mass is 1850 g/mol. The Morgan fingerprint density at radius 3 is 1.69 bits per heavy atom. The van der Waals surface area contributed by atoms with Crippen LogP contribution >= 0.6 is 11.8 Å². The van der Waals surface area contributed by atoms with Crippen LogP contribution in [0, 0.1) is 5.41 Å². The number of H-pyrrole nitrogens is 2. The fourth-order valence-corrected chi connectivity index (χ4v) is 16.4. The highest BCUT2D eigenvalue weighted by molar-refractivity contribution is 8.00. The molecule has 15 atom stereocenters. The molecule has 5 aromatic rings. The number of primary amides is 2. The molecule has 0 aliphatic carbocycles. The predicted octanol–water partition coefficient (Wildman–Crippen LogP) is -4.94. The lowest BCUT2D eigenvalue weighted by Gasteiger charge is -2.33. The van der Waals surface area contributed by atoms with Crippen molar-refractivity contribution in [2.75, 3.05) is 64.9 Å². The second-order valence-corrected chi connectivity index (χ2v) is 33.9. The number of rotatable bonds is 25. The molecule has 714 valence electrons. The number of nitrogens with two attached hydrogens (primary N) is 4. The third-order valence-electron chi connectivity index (χ3n) is 22.7. The summed E-state index contributed by atoms with van der Waals surface area (Å²) in [5.41, 5.74) is 25.4. The van der Waals surface area contributed by atoms with E-state index in [-0.39, 0.29) is 76.6 Å². The number of aliphatic hydroxyl groups is 2. The molecule has 45 heteroatoms. The minimum atomic E-state index is -1.98. The van der Waals surface area contributed by atoms with Gasteiger partial charge in [-0.25, -0.2) is 0 Å².